The first-order chi connectivity index (χ1) is 7.21. The summed E-state index contributed by atoms with van der Waals surface area (Å²) in [4.78, 5) is 11.1. The summed E-state index contributed by atoms with van der Waals surface area (Å²) in [5.74, 6) is 0.639. The normalized spacial score (nSPS) is 23.3. The van der Waals surface area contributed by atoms with E-state index in [0.717, 1.165) is 6.42 Å². The quantitative estimate of drug-likeness (QED) is 0.709. The van der Waals surface area contributed by atoms with Crippen LogP contribution in [0.1, 0.15) is 47.5 Å². The van der Waals surface area contributed by atoms with Crippen LogP contribution in [0.3, 0.4) is 0 Å². The molecule has 0 radical (unpaired) electrons. The molecule has 1 aliphatic rings. The van der Waals surface area contributed by atoms with Gasteiger partial charge in [0.1, 0.15) is 0 Å². The molecule has 0 saturated heterocycles. The summed E-state index contributed by atoms with van der Waals surface area (Å²) in [7, 11) is -0.531. The molecule has 16 heavy (non-hydrogen) atoms. The van der Waals surface area contributed by atoms with Gasteiger partial charge < -0.3 is 4.43 Å². The van der Waals surface area contributed by atoms with Crippen LogP contribution >= 0.6 is 0 Å². The first kappa shape index (κ1) is 13.7. The van der Waals surface area contributed by atoms with Gasteiger partial charge in [-0.1, -0.05) is 26.8 Å². The van der Waals surface area contributed by atoms with Crippen molar-refractivity contribution in [3.63, 3.8) is 0 Å². The molecule has 0 aromatic heterocycles. The zero-order valence-corrected chi connectivity index (χ0v) is 12.6. The van der Waals surface area contributed by atoms with Crippen molar-refractivity contribution in [1.82, 2.24) is 0 Å². The number of allylic oxidation sites excluding steroid dienone is 1. The highest BCUT2D eigenvalue weighted by atomic mass is 28.2. The van der Waals surface area contributed by atoms with Gasteiger partial charge in [0.15, 0.2) is 15.5 Å². The van der Waals surface area contributed by atoms with Crippen molar-refractivity contribution in [2.45, 2.75) is 58.1 Å². The fraction of sp³-hybridized carbons (Fsp3) is 0.769. The molecule has 0 aromatic carbocycles. The van der Waals surface area contributed by atoms with Crippen LogP contribution in [-0.2, 0) is 9.22 Å². The Balaban J connectivity index is 2.57. The fourth-order valence-electron chi connectivity index (χ4n) is 1.79. The third kappa shape index (κ3) is 4.22. The Hall–Kier alpha value is -0.413. The third-order valence-corrected chi connectivity index (χ3v) is 4.74. The first-order valence-corrected chi connectivity index (χ1v) is 7.34. The molecule has 0 fully saturated rings. The summed E-state index contributed by atoms with van der Waals surface area (Å²) in [6.45, 7) is 11.0. The van der Waals surface area contributed by atoms with Crippen molar-refractivity contribution in [1.29, 1.82) is 0 Å². The van der Waals surface area contributed by atoms with Crippen LogP contribution in [-0.4, -0.2) is 21.1 Å². The lowest BCUT2D eigenvalue weighted by Crippen LogP contribution is -2.38. The van der Waals surface area contributed by atoms with Crippen LogP contribution in [0.15, 0.2) is 12.2 Å². The zero-order chi connectivity index (χ0) is 12.4. The van der Waals surface area contributed by atoms with Gasteiger partial charge in [0, 0.05) is 12.3 Å². The minimum atomic E-state index is -0.531. The number of rotatable bonds is 3. The van der Waals surface area contributed by atoms with Crippen molar-refractivity contribution < 1.29 is 9.22 Å². The minimum Gasteiger partial charge on any atom is -0.418 e. The highest BCUT2D eigenvalue weighted by Crippen LogP contribution is 2.32. The van der Waals surface area contributed by atoms with Gasteiger partial charge in [-0.3, -0.25) is 4.79 Å². The molecule has 0 aliphatic heterocycles. The van der Waals surface area contributed by atoms with Crippen molar-refractivity contribution in [2.24, 2.45) is 5.92 Å². The van der Waals surface area contributed by atoms with Gasteiger partial charge in [-0.05, 0) is 31.4 Å². The zero-order valence-electron chi connectivity index (χ0n) is 11.2. The Bertz CT molecular complexity index is 287. The lowest BCUT2D eigenvalue weighted by atomic mass is 9.83. The minimum absolute atomic E-state index is 0.114. The molecule has 0 N–H and O–H groups in total. The lowest BCUT2D eigenvalue weighted by molar-refractivity contribution is -0.115. The van der Waals surface area contributed by atoms with Crippen molar-refractivity contribution in [3.8, 4) is 0 Å². The molecule has 3 heteroatoms. The van der Waals surface area contributed by atoms with Crippen LogP contribution in [0, 0.1) is 5.92 Å². The number of hydrogen-bond acceptors (Lipinski definition) is 2. The van der Waals surface area contributed by atoms with Crippen LogP contribution < -0.4 is 0 Å². The second kappa shape index (κ2) is 4.84. The number of hydrogen-bond donors (Lipinski definition) is 0. The van der Waals surface area contributed by atoms with Gasteiger partial charge in [0.25, 0.3) is 0 Å². The van der Waals surface area contributed by atoms with E-state index in [0.29, 0.717) is 17.4 Å². The molecule has 0 heterocycles. The molecule has 0 unspecified atom stereocenters. The maximum absolute atomic E-state index is 11.1. The summed E-state index contributed by atoms with van der Waals surface area (Å²) in [6, 6.07) is 0. The summed E-state index contributed by atoms with van der Waals surface area (Å²) in [6.07, 6.45) is 5.35. The monoisotopic (exact) mass is 240 g/mol. The van der Waals surface area contributed by atoms with E-state index in [9.17, 15) is 4.79 Å². The fourth-order valence-corrected chi connectivity index (χ4v) is 2.81. The second-order valence-electron chi connectivity index (χ2n) is 6.42. The standard InChI is InChI=1S/C13H24O2Si/c1-12(2,3)16-15-13(4,5)10-6-8-11(14)9-7-10/h6,8,10H,7,9,16H2,1-5H3/t10-/m1/s1. The molecular weight excluding hydrogens is 216 g/mol. The summed E-state index contributed by atoms with van der Waals surface area (Å²) in [5, 5.41) is 0.325. The Labute approximate surface area is 101 Å². The van der Waals surface area contributed by atoms with Gasteiger partial charge in [-0.2, -0.15) is 0 Å². The first-order valence-electron chi connectivity index (χ1n) is 6.06. The van der Waals surface area contributed by atoms with Crippen LogP contribution in [0.2, 0.25) is 5.04 Å². The molecule has 2 nitrogen and oxygen atoms in total. The maximum atomic E-state index is 11.1. The largest absolute Gasteiger partial charge is 0.418 e. The van der Waals surface area contributed by atoms with E-state index < -0.39 is 9.76 Å². The average molecular weight is 240 g/mol. The molecule has 0 spiro atoms. The highest BCUT2D eigenvalue weighted by Gasteiger charge is 2.31. The Morgan fingerprint density at radius 2 is 1.94 bits per heavy atom. The molecule has 1 atom stereocenters. The van der Waals surface area contributed by atoms with E-state index in [2.05, 4.69) is 34.6 Å². The predicted octanol–water partition coefficient (Wildman–Crippen LogP) is 2.62. The van der Waals surface area contributed by atoms with Crippen molar-refractivity contribution in [3.05, 3.63) is 12.2 Å². The Morgan fingerprint density at radius 3 is 2.38 bits per heavy atom. The Morgan fingerprint density at radius 1 is 1.31 bits per heavy atom. The van der Waals surface area contributed by atoms with E-state index in [-0.39, 0.29) is 11.4 Å². The molecule has 0 bridgehead atoms. The van der Waals surface area contributed by atoms with E-state index in [4.69, 9.17) is 4.43 Å². The predicted molar refractivity (Wildman–Crippen MR) is 70.3 cm³/mol. The summed E-state index contributed by atoms with van der Waals surface area (Å²) >= 11 is 0. The van der Waals surface area contributed by atoms with Gasteiger partial charge in [-0.25, -0.2) is 0 Å². The van der Waals surface area contributed by atoms with Crippen LogP contribution in [0.5, 0.6) is 0 Å². The van der Waals surface area contributed by atoms with E-state index in [1.54, 1.807) is 6.08 Å². The molecule has 1 rings (SSSR count). The topological polar surface area (TPSA) is 26.3 Å². The van der Waals surface area contributed by atoms with E-state index in [1.165, 1.54) is 0 Å². The second-order valence-corrected chi connectivity index (χ2v) is 9.12. The molecule has 0 aromatic rings. The average Bonchev–Trinajstić information content (AvgIpc) is 2.15. The van der Waals surface area contributed by atoms with Crippen molar-refractivity contribution >= 4 is 15.5 Å². The third-order valence-electron chi connectivity index (χ3n) is 2.99. The smallest absolute Gasteiger partial charge is 0.167 e. The number of carbonyl (C=O) groups is 1. The Kier molecular flexibility index (Phi) is 4.13. The van der Waals surface area contributed by atoms with E-state index in [1.807, 2.05) is 6.08 Å². The van der Waals surface area contributed by atoms with Gasteiger partial charge in [-0.15, -0.1) is 0 Å². The number of ketones is 1. The summed E-state index contributed by atoms with van der Waals surface area (Å²) in [5.41, 5.74) is -0.114. The molecule has 0 amide bonds. The van der Waals surface area contributed by atoms with Gasteiger partial charge in [0.2, 0.25) is 0 Å². The SMILES string of the molecule is CC(C)(C)[SiH2]OC(C)(C)[C@@H]1C=CC(=O)CC1. The molecule has 1 aliphatic carbocycles. The molecule has 92 valence electrons. The van der Waals surface area contributed by atoms with Gasteiger partial charge >= 0.3 is 0 Å². The molecular formula is C13H24O2Si. The van der Waals surface area contributed by atoms with Gasteiger partial charge in [0.05, 0.1) is 5.60 Å². The number of carbonyl (C=O) groups excluding carboxylic acids is 1. The highest BCUT2D eigenvalue weighted by molar-refractivity contribution is 6.31. The van der Waals surface area contributed by atoms with Crippen molar-refractivity contribution in [2.75, 3.05) is 0 Å². The lowest BCUT2D eigenvalue weighted by Gasteiger charge is -2.36. The maximum Gasteiger partial charge on any atom is 0.167 e. The summed E-state index contributed by atoms with van der Waals surface area (Å²) < 4.78 is 6.14. The van der Waals surface area contributed by atoms with E-state index >= 15 is 0 Å². The van der Waals surface area contributed by atoms with Crippen LogP contribution in [0.25, 0.3) is 0 Å². The van der Waals surface area contributed by atoms with Crippen LogP contribution in [0.4, 0.5) is 0 Å². The molecule has 0 saturated carbocycles.